The molecule has 0 aliphatic carbocycles. The van der Waals surface area contributed by atoms with Crippen molar-refractivity contribution in [2.45, 2.75) is 33.2 Å². The summed E-state index contributed by atoms with van der Waals surface area (Å²) in [5, 5.41) is 3.29. The lowest BCUT2D eigenvalue weighted by Gasteiger charge is -2.12. The third kappa shape index (κ3) is 3.60. The van der Waals surface area contributed by atoms with Crippen LogP contribution in [0.5, 0.6) is 0 Å². The maximum Gasteiger partial charge on any atom is 0.139 e. The molecule has 0 radical (unpaired) electrons. The van der Waals surface area contributed by atoms with Crippen LogP contribution < -0.4 is 5.32 Å². The van der Waals surface area contributed by atoms with E-state index in [1.165, 1.54) is 17.2 Å². The third-order valence-corrected chi connectivity index (χ3v) is 4.00. The molecular formula is C17H19BrFN. The quantitative estimate of drug-likeness (QED) is 0.763. The van der Waals surface area contributed by atoms with E-state index in [4.69, 9.17) is 0 Å². The van der Waals surface area contributed by atoms with Gasteiger partial charge in [0.1, 0.15) is 5.82 Å². The number of nitrogens with one attached hydrogen (secondary N) is 1. The van der Waals surface area contributed by atoms with Crippen LogP contribution in [0.4, 0.5) is 10.1 Å². The summed E-state index contributed by atoms with van der Waals surface area (Å²) in [4.78, 5) is 0. The Hall–Kier alpha value is -1.35. The highest BCUT2D eigenvalue weighted by Gasteiger charge is 2.05. The van der Waals surface area contributed by atoms with E-state index in [0.717, 1.165) is 11.3 Å². The van der Waals surface area contributed by atoms with Gasteiger partial charge in [-0.25, -0.2) is 4.39 Å². The number of halogens is 2. The lowest BCUT2D eigenvalue weighted by atomic mass is 10.0. The van der Waals surface area contributed by atoms with Crippen LogP contribution in [0.25, 0.3) is 0 Å². The molecule has 0 atom stereocenters. The number of benzene rings is 2. The van der Waals surface area contributed by atoms with Gasteiger partial charge in [-0.1, -0.05) is 38.1 Å². The predicted octanol–water partition coefficient (Wildman–Crippen LogP) is 5.63. The number of anilines is 1. The van der Waals surface area contributed by atoms with Crippen LogP contribution >= 0.6 is 15.9 Å². The van der Waals surface area contributed by atoms with Gasteiger partial charge in [-0.2, -0.15) is 0 Å². The van der Waals surface area contributed by atoms with E-state index in [2.05, 4.69) is 59.4 Å². The minimum Gasteiger partial charge on any atom is -0.381 e. The van der Waals surface area contributed by atoms with Crippen molar-refractivity contribution >= 4 is 21.6 Å². The second-order valence-corrected chi connectivity index (χ2v) is 6.19. The lowest BCUT2D eigenvalue weighted by molar-refractivity contribution is 0.621. The largest absolute Gasteiger partial charge is 0.381 e. The van der Waals surface area contributed by atoms with Gasteiger partial charge in [0.05, 0.1) is 4.47 Å². The van der Waals surface area contributed by atoms with Crippen molar-refractivity contribution in [1.29, 1.82) is 0 Å². The number of hydrogen-bond donors (Lipinski definition) is 1. The Morgan fingerprint density at radius 1 is 1.15 bits per heavy atom. The molecule has 0 fully saturated rings. The molecule has 20 heavy (non-hydrogen) atoms. The molecule has 0 unspecified atom stereocenters. The van der Waals surface area contributed by atoms with Crippen molar-refractivity contribution in [1.82, 2.24) is 0 Å². The fourth-order valence-corrected chi connectivity index (χ4v) is 2.51. The molecular weight excluding hydrogens is 317 g/mol. The van der Waals surface area contributed by atoms with Gasteiger partial charge >= 0.3 is 0 Å². The van der Waals surface area contributed by atoms with Crippen LogP contribution in [0.3, 0.4) is 0 Å². The second-order valence-electron chi connectivity index (χ2n) is 5.33. The first-order valence-electron chi connectivity index (χ1n) is 6.75. The Morgan fingerprint density at radius 2 is 1.80 bits per heavy atom. The van der Waals surface area contributed by atoms with Crippen molar-refractivity contribution in [3.63, 3.8) is 0 Å². The van der Waals surface area contributed by atoms with Crippen LogP contribution in [0.1, 0.15) is 36.5 Å². The summed E-state index contributed by atoms with van der Waals surface area (Å²) in [5.41, 5.74) is 4.38. The van der Waals surface area contributed by atoms with Crippen molar-refractivity contribution in [3.8, 4) is 0 Å². The van der Waals surface area contributed by atoms with E-state index in [1.54, 1.807) is 6.07 Å². The highest BCUT2D eigenvalue weighted by atomic mass is 79.9. The summed E-state index contributed by atoms with van der Waals surface area (Å²) in [6, 6.07) is 11.9. The van der Waals surface area contributed by atoms with Crippen LogP contribution in [0.15, 0.2) is 40.9 Å². The standard InChI is InChI=1S/C17H19BrFN/c1-11(2)14-6-4-13(5-7-14)10-20-17-9-16(19)15(18)8-12(17)3/h4-9,11,20H,10H2,1-3H3. The monoisotopic (exact) mass is 335 g/mol. The fraction of sp³-hybridized carbons (Fsp3) is 0.294. The molecule has 2 aromatic rings. The van der Waals surface area contributed by atoms with Crippen LogP contribution in [0.2, 0.25) is 0 Å². The highest BCUT2D eigenvalue weighted by molar-refractivity contribution is 9.10. The summed E-state index contributed by atoms with van der Waals surface area (Å²) < 4.78 is 14.0. The average molecular weight is 336 g/mol. The lowest BCUT2D eigenvalue weighted by Crippen LogP contribution is -2.02. The zero-order valence-corrected chi connectivity index (χ0v) is 13.6. The molecule has 2 rings (SSSR count). The van der Waals surface area contributed by atoms with E-state index in [1.807, 2.05) is 6.92 Å². The molecule has 1 N–H and O–H groups in total. The zero-order valence-electron chi connectivity index (χ0n) is 12.0. The van der Waals surface area contributed by atoms with Gasteiger partial charge in [0.25, 0.3) is 0 Å². The van der Waals surface area contributed by atoms with Crippen molar-refractivity contribution < 1.29 is 4.39 Å². The molecule has 2 aromatic carbocycles. The molecule has 0 bridgehead atoms. The third-order valence-electron chi connectivity index (χ3n) is 3.40. The maximum atomic E-state index is 13.5. The minimum atomic E-state index is -0.242. The summed E-state index contributed by atoms with van der Waals surface area (Å²) >= 11 is 3.19. The highest BCUT2D eigenvalue weighted by Crippen LogP contribution is 2.24. The summed E-state index contributed by atoms with van der Waals surface area (Å²) in [7, 11) is 0. The van der Waals surface area contributed by atoms with Crippen molar-refractivity contribution in [2.75, 3.05) is 5.32 Å². The summed E-state index contributed by atoms with van der Waals surface area (Å²) in [5.74, 6) is 0.299. The van der Waals surface area contributed by atoms with Crippen molar-refractivity contribution in [2.24, 2.45) is 0 Å². The van der Waals surface area contributed by atoms with E-state index < -0.39 is 0 Å². The van der Waals surface area contributed by atoms with E-state index in [0.29, 0.717) is 16.9 Å². The average Bonchev–Trinajstić information content (AvgIpc) is 2.42. The second kappa shape index (κ2) is 6.40. The number of rotatable bonds is 4. The Morgan fingerprint density at radius 3 is 2.40 bits per heavy atom. The SMILES string of the molecule is Cc1cc(Br)c(F)cc1NCc1ccc(C(C)C)cc1. The molecule has 0 amide bonds. The Kier molecular flexibility index (Phi) is 4.81. The minimum absolute atomic E-state index is 0.242. The topological polar surface area (TPSA) is 12.0 Å². The van der Waals surface area contributed by atoms with Crippen LogP contribution in [-0.4, -0.2) is 0 Å². The molecule has 0 spiro atoms. The zero-order chi connectivity index (χ0) is 14.7. The first kappa shape index (κ1) is 15.0. The van der Waals surface area contributed by atoms with Gasteiger partial charge in [0.2, 0.25) is 0 Å². The molecule has 3 heteroatoms. The summed E-state index contributed by atoms with van der Waals surface area (Å²) in [6.45, 7) is 7.02. The molecule has 0 aliphatic rings. The molecule has 0 aromatic heterocycles. The van der Waals surface area contributed by atoms with Crippen LogP contribution in [0, 0.1) is 12.7 Å². The molecule has 0 saturated heterocycles. The van der Waals surface area contributed by atoms with Crippen molar-refractivity contribution in [3.05, 3.63) is 63.4 Å². The van der Waals surface area contributed by atoms with Gasteiger partial charge in [0, 0.05) is 12.2 Å². The number of hydrogen-bond acceptors (Lipinski definition) is 1. The molecule has 0 heterocycles. The first-order valence-corrected chi connectivity index (χ1v) is 7.55. The van der Waals surface area contributed by atoms with Gasteiger partial charge in [-0.05, 0) is 57.6 Å². The smallest absolute Gasteiger partial charge is 0.139 e. The van der Waals surface area contributed by atoms with Gasteiger partial charge in [0.15, 0.2) is 0 Å². The fourth-order valence-electron chi connectivity index (χ4n) is 2.05. The van der Waals surface area contributed by atoms with Crippen LogP contribution in [-0.2, 0) is 6.54 Å². The van der Waals surface area contributed by atoms with Gasteiger partial charge in [-0.15, -0.1) is 0 Å². The Labute approximate surface area is 128 Å². The van der Waals surface area contributed by atoms with E-state index >= 15 is 0 Å². The van der Waals surface area contributed by atoms with Gasteiger partial charge in [-0.3, -0.25) is 0 Å². The molecule has 106 valence electrons. The normalized spacial score (nSPS) is 10.9. The molecule has 0 aliphatic heterocycles. The van der Waals surface area contributed by atoms with E-state index in [-0.39, 0.29) is 5.82 Å². The van der Waals surface area contributed by atoms with E-state index in [9.17, 15) is 4.39 Å². The molecule has 0 saturated carbocycles. The predicted molar refractivity (Wildman–Crippen MR) is 86.7 cm³/mol. The molecule has 1 nitrogen and oxygen atoms in total. The summed E-state index contributed by atoms with van der Waals surface area (Å²) in [6.07, 6.45) is 0. The number of aryl methyl sites for hydroxylation is 1. The van der Waals surface area contributed by atoms with Gasteiger partial charge < -0.3 is 5.32 Å². The Bertz CT molecular complexity index is 591. The Balaban J connectivity index is 2.07. The maximum absolute atomic E-state index is 13.5. The first-order chi connectivity index (χ1) is 9.47.